The first-order valence-corrected chi connectivity index (χ1v) is 11.3. The van der Waals surface area contributed by atoms with Crippen LogP contribution < -0.4 is 5.32 Å². The van der Waals surface area contributed by atoms with Crippen molar-refractivity contribution in [2.45, 2.75) is 43.2 Å². The van der Waals surface area contributed by atoms with Gasteiger partial charge in [-0.3, -0.25) is 4.79 Å². The van der Waals surface area contributed by atoms with Crippen molar-refractivity contribution in [1.82, 2.24) is 9.62 Å². The van der Waals surface area contributed by atoms with Crippen LogP contribution in [0, 0.1) is 0 Å². The molecule has 1 fully saturated rings. The van der Waals surface area contributed by atoms with Gasteiger partial charge in [0.15, 0.2) is 0 Å². The van der Waals surface area contributed by atoms with Gasteiger partial charge in [-0.1, -0.05) is 60.3 Å². The van der Waals surface area contributed by atoms with E-state index in [1.54, 1.807) is 36.4 Å². The minimum absolute atomic E-state index is 0.0200. The van der Waals surface area contributed by atoms with Crippen LogP contribution in [0.15, 0.2) is 53.4 Å². The molecule has 5 nitrogen and oxygen atoms in total. The van der Waals surface area contributed by atoms with E-state index in [0.29, 0.717) is 15.6 Å². The molecule has 0 heterocycles. The van der Waals surface area contributed by atoms with Crippen LogP contribution in [0.1, 0.15) is 31.2 Å². The summed E-state index contributed by atoms with van der Waals surface area (Å²) in [5.41, 5.74) is 0.655. The van der Waals surface area contributed by atoms with Gasteiger partial charge in [0, 0.05) is 12.6 Å². The molecule has 150 valence electrons. The molecule has 8 heteroatoms. The van der Waals surface area contributed by atoms with Gasteiger partial charge in [0.2, 0.25) is 15.9 Å². The van der Waals surface area contributed by atoms with Gasteiger partial charge in [-0.05, 0) is 42.7 Å². The summed E-state index contributed by atoms with van der Waals surface area (Å²) in [6.45, 7) is -0.236. The van der Waals surface area contributed by atoms with Crippen LogP contribution in [0.5, 0.6) is 0 Å². The molecule has 28 heavy (non-hydrogen) atoms. The van der Waals surface area contributed by atoms with Crippen molar-refractivity contribution in [3.8, 4) is 0 Å². The average molecular weight is 441 g/mol. The molecule has 0 saturated heterocycles. The fourth-order valence-electron chi connectivity index (χ4n) is 3.31. The van der Waals surface area contributed by atoms with E-state index >= 15 is 0 Å². The Morgan fingerprint density at radius 1 is 1.04 bits per heavy atom. The van der Waals surface area contributed by atoms with Crippen LogP contribution >= 0.6 is 23.2 Å². The molecule has 0 spiro atoms. The molecule has 2 aromatic rings. The molecule has 0 unspecified atom stereocenters. The standard InChI is InChI=1S/C20H22Cl2N2O3S/c21-18-11-10-15(12-19(18)22)13-24(14-20(25)23-16-6-4-5-7-16)28(26,27)17-8-2-1-3-9-17/h1-3,8-12,16H,4-7,13-14H2,(H,23,25). The van der Waals surface area contributed by atoms with Crippen LogP contribution in [-0.4, -0.2) is 31.2 Å². The Morgan fingerprint density at radius 2 is 1.71 bits per heavy atom. The number of hydrogen-bond acceptors (Lipinski definition) is 3. The number of carbonyl (C=O) groups excluding carboxylic acids is 1. The number of nitrogens with one attached hydrogen (secondary N) is 1. The summed E-state index contributed by atoms with van der Waals surface area (Å²) in [5.74, 6) is -0.300. The summed E-state index contributed by atoms with van der Waals surface area (Å²) < 4.78 is 27.5. The first kappa shape index (κ1) is 21.1. The lowest BCUT2D eigenvalue weighted by atomic mass is 10.2. The Kier molecular flexibility index (Phi) is 6.99. The molecule has 1 saturated carbocycles. The molecular weight excluding hydrogens is 419 g/mol. The summed E-state index contributed by atoms with van der Waals surface area (Å²) in [5, 5.41) is 3.68. The van der Waals surface area contributed by atoms with E-state index < -0.39 is 10.0 Å². The zero-order valence-electron chi connectivity index (χ0n) is 15.3. The number of hydrogen-bond donors (Lipinski definition) is 1. The van der Waals surface area contributed by atoms with Crippen molar-refractivity contribution in [2.24, 2.45) is 0 Å². The lowest BCUT2D eigenvalue weighted by molar-refractivity contribution is -0.122. The first-order valence-electron chi connectivity index (χ1n) is 9.15. The van der Waals surface area contributed by atoms with Crippen molar-refractivity contribution in [3.63, 3.8) is 0 Å². The molecule has 1 aliphatic carbocycles. The topological polar surface area (TPSA) is 66.5 Å². The second kappa shape index (κ2) is 9.27. The van der Waals surface area contributed by atoms with Crippen molar-refractivity contribution in [3.05, 3.63) is 64.1 Å². The number of benzene rings is 2. The zero-order valence-corrected chi connectivity index (χ0v) is 17.6. The highest BCUT2D eigenvalue weighted by atomic mass is 35.5. The maximum atomic E-state index is 13.1. The van der Waals surface area contributed by atoms with Gasteiger partial charge in [0.25, 0.3) is 0 Å². The molecule has 0 atom stereocenters. The zero-order chi connectivity index (χ0) is 20.1. The Bertz CT molecular complexity index is 930. The minimum Gasteiger partial charge on any atom is -0.352 e. The van der Waals surface area contributed by atoms with Crippen molar-refractivity contribution in [1.29, 1.82) is 0 Å². The molecule has 0 radical (unpaired) electrons. The summed E-state index contributed by atoms with van der Waals surface area (Å²) in [4.78, 5) is 12.7. The third-order valence-electron chi connectivity index (χ3n) is 4.76. The maximum absolute atomic E-state index is 13.1. The van der Waals surface area contributed by atoms with E-state index in [1.807, 2.05) is 0 Å². The third-order valence-corrected chi connectivity index (χ3v) is 7.31. The van der Waals surface area contributed by atoms with Crippen LogP contribution in [0.4, 0.5) is 0 Å². The number of amides is 1. The molecule has 0 aliphatic heterocycles. The molecule has 3 rings (SSSR count). The quantitative estimate of drug-likeness (QED) is 0.699. The predicted octanol–water partition coefficient (Wildman–Crippen LogP) is 4.24. The van der Waals surface area contributed by atoms with Crippen LogP contribution in [0.2, 0.25) is 10.0 Å². The molecule has 0 bridgehead atoms. The number of nitrogens with zero attached hydrogens (tertiary/aromatic N) is 1. The Balaban J connectivity index is 1.84. The SMILES string of the molecule is O=C(CN(Cc1ccc(Cl)c(Cl)c1)S(=O)(=O)c1ccccc1)NC1CCCC1. The molecule has 1 aliphatic rings. The second-order valence-electron chi connectivity index (χ2n) is 6.88. The van der Waals surface area contributed by atoms with E-state index in [-0.39, 0.29) is 29.9 Å². The maximum Gasteiger partial charge on any atom is 0.243 e. The number of rotatable bonds is 7. The Labute approximate surface area is 175 Å². The largest absolute Gasteiger partial charge is 0.352 e. The summed E-state index contributed by atoms with van der Waals surface area (Å²) in [6.07, 6.45) is 4.04. The normalized spacial score (nSPS) is 15.1. The highest BCUT2D eigenvalue weighted by Gasteiger charge is 2.28. The van der Waals surface area contributed by atoms with Gasteiger partial charge < -0.3 is 5.32 Å². The van der Waals surface area contributed by atoms with Crippen LogP contribution in [0.3, 0.4) is 0 Å². The molecular formula is C20H22Cl2N2O3S. The minimum atomic E-state index is -3.85. The number of halogens is 2. The molecule has 1 N–H and O–H groups in total. The monoisotopic (exact) mass is 440 g/mol. The van der Waals surface area contributed by atoms with Crippen molar-refractivity contribution in [2.75, 3.05) is 6.54 Å². The number of sulfonamides is 1. The van der Waals surface area contributed by atoms with Gasteiger partial charge in [0.1, 0.15) is 0 Å². The number of carbonyl (C=O) groups is 1. The van der Waals surface area contributed by atoms with Gasteiger partial charge in [-0.2, -0.15) is 4.31 Å². The first-order chi connectivity index (χ1) is 13.4. The summed E-state index contributed by atoms with van der Waals surface area (Å²) in [7, 11) is -3.85. The molecule has 2 aromatic carbocycles. The summed E-state index contributed by atoms with van der Waals surface area (Å²) in [6, 6.07) is 13.2. The van der Waals surface area contributed by atoms with Crippen molar-refractivity contribution < 1.29 is 13.2 Å². The van der Waals surface area contributed by atoms with Gasteiger partial charge >= 0.3 is 0 Å². The van der Waals surface area contributed by atoms with Crippen LogP contribution in [0.25, 0.3) is 0 Å². The second-order valence-corrected chi connectivity index (χ2v) is 9.64. The molecule has 1 amide bonds. The molecule has 0 aromatic heterocycles. The third kappa shape index (κ3) is 5.26. The average Bonchev–Trinajstić information content (AvgIpc) is 3.17. The Morgan fingerprint density at radius 3 is 2.36 bits per heavy atom. The predicted molar refractivity (Wildman–Crippen MR) is 111 cm³/mol. The van der Waals surface area contributed by atoms with E-state index in [9.17, 15) is 13.2 Å². The smallest absolute Gasteiger partial charge is 0.243 e. The highest BCUT2D eigenvalue weighted by molar-refractivity contribution is 7.89. The van der Waals surface area contributed by atoms with E-state index in [2.05, 4.69) is 5.32 Å². The van der Waals surface area contributed by atoms with E-state index in [0.717, 1.165) is 25.7 Å². The van der Waals surface area contributed by atoms with Crippen LogP contribution in [-0.2, 0) is 21.4 Å². The Hall–Kier alpha value is -1.60. The van der Waals surface area contributed by atoms with E-state index in [1.165, 1.54) is 16.4 Å². The van der Waals surface area contributed by atoms with Gasteiger partial charge in [-0.25, -0.2) is 8.42 Å². The fraction of sp³-hybridized carbons (Fsp3) is 0.350. The lowest BCUT2D eigenvalue weighted by Gasteiger charge is -2.23. The summed E-state index contributed by atoms with van der Waals surface area (Å²) >= 11 is 12.0. The van der Waals surface area contributed by atoms with Crippen molar-refractivity contribution >= 4 is 39.1 Å². The fourth-order valence-corrected chi connectivity index (χ4v) is 5.04. The lowest BCUT2D eigenvalue weighted by Crippen LogP contribution is -2.43. The highest BCUT2D eigenvalue weighted by Crippen LogP contribution is 2.25. The van der Waals surface area contributed by atoms with E-state index in [4.69, 9.17) is 23.2 Å². The van der Waals surface area contributed by atoms with Gasteiger partial charge in [-0.15, -0.1) is 0 Å². The van der Waals surface area contributed by atoms with Gasteiger partial charge in [0.05, 0.1) is 21.5 Å².